The molecule has 1 saturated heterocycles. The Morgan fingerprint density at radius 1 is 1.36 bits per heavy atom. The molecule has 0 radical (unpaired) electrons. The zero-order valence-corrected chi connectivity index (χ0v) is 13.7. The van der Waals surface area contributed by atoms with E-state index < -0.39 is 0 Å². The second kappa shape index (κ2) is 6.48. The lowest BCUT2D eigenvalue weighted by Gasteiger charge is -2.33. The number of piperazine rings is 1. The molecule has 3 rings (SSSR count). The summed E-state index contributed by atoms with van der Waals surface area (Å²) in [6.07, 6.45) is 2.44. The molecular weight excluding hydrogens is 300 g/mol. The number of amides is 1. The molecule has 0 atom stereocenters. The average Bonchev–Trinajstić information content (AvgIpc) is 3.17. The number of anilines is 1. The highest BCUT2D eigenvalue weighted by Crippen LogP contribution is 2.21. The van der Waals surface area contributed by atoms with E-state index in [0.717, 1.165) is 30.5 Å². The molecule has 7 heteroatoms. The summed E-state index contributed by atoms with van der Waals surface area (Å²) in [6.45, 7) is 7.25. The fourth-order valence-corrected chi connectivity index (χ4v) is 3.22. The van der Waals surface area contributed by atoms with Gasteiger partial charge in [-0.1, -0.05) is 13.8 Å². The van der Waals surface area contributed by atoms with E-state index in [1.165, 1.54) is 17.8 Å². The van der Waals surface area contributed by atoms with Crippen LogP contribution in [0.1, 0.15) is 30.2 Å². The summed E-state index contributed by atoms with van der Waals surface area (Å²) in [6, 6.07) is 3.44. The SMILES string of the molecule is CC(C)Cc1nsc(N2CCN(C(=O)c3ccco3)CC2)n1. The Kier molecular flexibility index (Phi) is 4.42. The highest BCUT2D eigenvalue weighted by Gasteiger charge is 2.25. The van der Waals surface area contributed by atoms with Crippen LogP contribution in [0.3, 0.4) is 0 Å². The van der Waals surface area contributed by atoms with E-state index in [9.17, 15) is 4.79 Å². The van der Waals surface area contributed by atoms with Crippen LogP contribution in [0, 0.1) is 5.92 Å². The number of hydrogen-bond acceptors (Lipinski definition) is 6. The number of nitrogens with zero attached hydrogens (tertiary/aromatic N) is 4. The van der Waals surface area contributed by atoms with Crippen LogP contribution in [-0.2, 0) is 6.42 Å². The van der Waals surface area contributed by atoms with Crippen LogP contribution in [0.15, 0.2) is 22.8 Å². The Labute approximate surface area is 133 Å². The van der Waals surface area contributed by atoms with Crippen molar-refractivity contribution in [3.05, 3.63) is 30.0 Å². The first-order chi connectivity index (χ1) is 10.6. The second-order valence-electron chi connectivity index (χ2n) is 5.85. The Morgan fingerprint density at radius 3 is 2.77 bits per heavy atom. The lowest BCUT2D eigenvalue weighted by molar-refractivity contribution is 0.0714. The maximum Gasteiger partial charge on any atom is 0.289 e. The maximum atomic E-state index is 12.2. The molecular formula is C15H20N4O2S. The van der Waals surface area contributed by atoms with Gasteiger partial charge >= 0.3 is 0 Å². The maximum absolute atomic E-state index is 12.2. The molecule has 1 aliphatic heterocycles. The molecule has 118 valence electrons. The molecule has 22 heavy (non-hydrogen) atoms. The molecule has 0 aliphatic carbocycles. The van der Waals surface area contributed by atoms with Gasteiger partial charge in [-0.05, 0) is 18.1 Å². The van der Waals surface area contributed by atoms with Crippen molar-refractivity contribution in [2.75, 3.05) is 31.1 Å². The number of carbonyl (C=O) groups is 1. The van der Waals surface area contributed by atoms with Crippen molar-refractivity contribution in [3.63, 3.8) is 0 Å². The summed E-state index contributed by atoms with van der Waals surface area (Å²) >= 11 is 1.45. The Hall–Kier alpha value is -1.89. The molecule has 1 fully saturated rings. The summed E-state index contributed by atoms with van der Waals surface area (Å²) in [5.74, 6) is 1.85. The Bertz CT molecular complexity index is 615. The highest BCUT2D eigenvalue weighted by atomic mass is 32.1. The molecule has 1 amide bonds. The first-order valence-corrected chi connectivity index (χ1v) is 8.31. The summed E-state index contributed by atoms with van der Waals surface area (Å²) < 4.78 is 9.59. The van der Waals surface area contributed by atoms with Crippen molar-refractivity contribution in [1.82, 2.24) is 14.3 Å². The molecule has 0 unspecified atom stereocenters. The smallest absolute Gasteiger partial charge is 0.289 e. The predicted octanol–water partition coefficient (Wildman–Crippen LogP) is 2.29. The van der Waals surface area contributed by atoms with Crippen molar-refractivity contribution >= 4 is 22.6 Å². The molecule has 1 aliphatic rings. The molecule has 2 aromatic rings. The number of aromatic nitrogens is 2. The van der Waals surface area contributed by atoms with Gasteiger partial charge in [0.1, 0.15) is 5.82 Å². The molecule has 0 aromatic carbocycles. The molecule has 0 spiro atoms. The van der Waals surface area contributed by atoms with Crippen molar-refractivity contribution in [2.45, 2.75) is 20.3 Å². The molecule has 3 heterocycles. The third kappa shape index (κ3) is 3.30. The van der Waals surface area contributed by atoms with Gasteiger partial charge in [0.2, 0.25) is 5.13 Å². The topological polar surface area (TPSA) is 62.5 Å². The van der Waals surface area contributed by atoms with Crippen LogP contribution in [0.25, 0.3) is 0 Å². The van der Waals surface area contributed by atoms with Crippen molar-refractivity contribution in [3.8, 4) is 0 Å². The van der Waals surface area contributed by atoms with Gasteiger partial charge in [-0.15, -0.1) is 0 Å². The van der Waals surface area contributed by atoms with E-state index in [4.69, 9.17) is 4.42 Å². The third-order valence-corrected chi connectivity index (χ3v) is 4.43. The lowest BCUT2D eigenvalue weighted by atomic mass is 10.1. The first-order valence-electron chi connectivity index (χ1n) is 7.54. The second-order valence-corrected chi connectivity index (χ2v) is 6.58. The van der Waals surface area contributed by atoms with Crippen LogP contribution in [-0.4, -0.2) is 46.3 Å². The van der Waals surface area contributed by atoms with Gasteiger partial charge < -0.3 is 14.2 Å². The van der Waals surface area contributed by atoms with Crippen LogP contribution < -0.4 is 4.90 Å². The molecule has 6 nitrogen and oxygen atoms in total. The summed E-state index contributed by atoms with van der Waals surface area (Å²) in [5.41, 5.74) is 0. The van der Waals surface area contributed by atoms with Gasteiger partial charge in [-0.25, -0.2) is 4.98 Å². The lowest BCUT2D eigenvalue weighted by Crippen LogP contribution is -2.48. The van der Waals surface area contributed by atoms with E-state index in [1.807, 2.05) is 4.90 Å². The van der Waals surface area contributed by atoms with Gasteiger partial charge in [0, 0.05) is 44.1 Å². The van der Waals surface area contributed by atoms with Gasteiger partial charge in [0.05, 0.1) is 6.26 Å². The molecule has 0 bridgehead atoms. The number of rotatable bonds is 4. The fourth-order valence-electron chi connectivity index (χ4n) is 2.48. The zero-order valence-electron chi connectivity index (χ0n) is 12.9. The Balaban J connectivity index is 1.57. The zero-order chi connectivity index (χ0) is 15.5. The Morgan fingerprint density at radius 2 is 2.14 bits per heavy atom. The minimum atomic E-state index is -0.0394. The van der Waals surface area contributed by atoms with Crippen LogP contribution in [0.4, 0.5) is 5.13 Å². The molecule has 2 aromatic heterocycles. The number of furan rings is 1. The normalized spacial score (nSPS) is 15.6. The third-order valence-electron chi connectivity index (χ3n) is 3.62. The molecule has 0 saturated carbocycles. The van der Waals surface area contributed by atoms with E-state index in [1.54, 1.807) is 12.1 Å². The van der Waals surface area contributed by atoms with E-state index in [0.29, 0.717) is 24.8 Å². The van der Waals surface area contributed by atoms with Crippen LogP contribution in [0.2, 0.25) is 0 Å². The van der Waals surface area contributed by atoms with Crippen LogP contribution >= 0.6 is 11.5 Å². The largest absolute Gasteiger partial charge is 0.459 e. The first kappa shape index (κ1) is 15.0. The van der Waals surface area contributed by atoms with E-state index in [-0.39, 0.29) is 5.91 Å². The monoisotopic (exact) mass is 320 g/mol. The number of carbonyl (C=O) groups excluding carboxylic acids is 1. The minimum Gasteiger partial charge on any atom is -0.459 e. The van der Waals surface area contributed by atoms with Gasteiger partial charge in [0.25, 0.3) is 5.91 Å². The minimum absolute atomic E-state index is 0.0394. The van der Waals surface area contributed by atoms with Crippen molar-refractivity contribution < 1.29 is 9.21 Å². The van der Waals surface area contributed by atoms with Gasteiger partial charge in [-0.2, -0.15) is 4.37 Å². The predicted molar refractivity (Wildman–Crippen MR) is 85.3 cm³/mol. The standard InChI is InChI=1S/C15H20N4O2S/c1-11(2)10-13-16-15(22-17-13)19-7-5-18(6-8-19)14(20)12-4-3-9-21-12/h3-4,9,11H,5-8,10H2,1-2H3. The van der Waals surface area contributed by atoms with E-state index >= 15 is 0 Å². The van der Waals surface area contributed by atoms with Crippen molar-refractivity contribution in [1.29, 1.82) is 0 Å². The van der Waals surface area contributed by atoms with Gasteiger partial charge in [-0.3, -0.25) is 4.79 Å². The van der Waals surface area contributed by atoms with Crippen molar-refractivity contribution in [2.24, 2.45) is 5.92 Å². The number of hydrogen-bond donors (Lipinski definition) is 0. The summed E-state index contributed by atoms with van der Waals surface area (Å²) in [5, 5.41) is 0.959. The van der Waals surface area contributed by atoms with Gasteiger partial charge in [0.15, 0.2) is 5.76 Å². The quantitative estimate of drug-likeness (QED) is 0.865. The molecule has 0 N–H and O–H groups in total. The van der Waals surface area contributed by atoms with Crippen LogP contribution in [0.5, 0.6) is 0 Å². The average molecular weight is 320 g/mol. The fraction of sp³-hybridized carbons (Fsp3) is 0.533. The summed E-state index contributed by atoms with van der Waals surface area (Å²) in [4.78, 5) is 20.8. The highest BCUT2D eigenvalue weighted by molar-refractivity contribution is 7.09. The van der Waals surface area contributed by atoms with E-state index in [2.05, 4.69) is 28.1 Å². The summed E-state index contributed by atoms with van der Waals surface area (Å²) in [7, 11) is 0.